The lowest BCUT2D eigenvalue weighted by atomic mass is 9.87. The third-order valence-electron chi connectivity index (χ3n) is 4.42. The van der Waals surface area contributed by atoms with Crippen LogP contribution in [0.2, 0.25) is 0 Å². The fourth-order valence-corrected chi connectivity index (χ4v) is 3.24. The van der Waals surface area contributed by atoms with Gasteiger partial charge in [0.15, 0.2) is 0 Å². The zero-order valence-corrected chi connectivity index (χ0v) is 11.4. The topological polar surface area (TPSA) is 55.8 Å². The SMILES string of the molecule is CN[C@@H]1CCC[C@@H](N2CCN(C(C)=O)CC2)[C@@H]1O. The van der Waals surface area contributed by atoms with Crippen molar-refractivity contribution in [3.05, 3.63) is 0 Å². The van der Waals surface area contributed by atoms with E-state index in [4.69, 9.17) is 0 Å². The molecule has 1 saturated heterocycles. The lowest BCUT2D eigenvalue weighted by Gasteiger charge is -2.44. The molecule has 0 aromatic rings. The monoisotopic (exact) mass is 255 g/mol. The van der Waals surface area contributed by atoms with Gasteiger partial charge in [0.1, 0.15) is 0 Å². The second-order valence-corrected chi connectivity index (χ2v) is 5.43. The molecule has 1 heterocycles. The van der Waals surface area contributed by atoms with Crippen molar-refractivity contribution in [3.63, 3.8) is 0 Å². The number of piperazine rings is 1. The fraction of sp³-hybridized carbons (Fsp3) is 0.923. The van der Waals surface area contributed by atoms with Gasteiger partial charge in [-0.15, -0.1) is 0 Å². The van der Waals surface area contributed by atoms with E-state index in [1.807, 2.05) is 11.9 Å². The summed E-state index contributed by atoms with van der Waals surface area (Å²) < 4.78 is 0. The molecule has 2 fully saturated rings. The Kier molecular flexibility index (Phi) is 4.59. The van der Waals surface area contributed by atoms with Gasteiger partial charge in [-0.1, -0.05) is 6.42 Å². The number of nitrogens with zero attached hydrogens (tertiary/aromatic N) is 2. The normalized spacial score (nSPS) is 34.6. The Labute approximate surface area is 109 Å². The van der Waals surface area contributed by atoms with Crippen LogP contribution in [0.1, 0.15) is 26.2 Å². The molecule has 1 amide bonds. The van der Waals surface area contributed by atoms with E-state index in [0.29, 0.717) is 0 Å². The summed E-state index contributed by atoms with van der Waals surface area (Å²) in [6.45, 7) is 4.99. The van der Waals surface area contributed by atoms with Crippen LogP contribution in [-0.4, -0.2) is 72.2 Å². The highest BCUT2D eigenvalue weighted by Gasteiger charge is 2.35. The van der Waals surface area contributed by atoms with Crippen LogP contribution >= 0.6 is 0 Å². The number of carbonyl (C=O) groups excluding carboxylic acids is 1. The number of likely N-dealkylation sites (N-methyl/N-ethyl adjacent to an activating group) is 1. The van der Waals surface area contributed by atoms with E-state index < -0.39 is 0 Å². The quantitative estimate of drug-likeness (QED) is 0.708. The van der Waals surface area contributed by atoms with Crippen molar-refractivity contribution in [1.29, 1.82) is 0 Å². The standard InChI is InChI=1S/C13H25N3O2/c1-10(17)15-6-8-16(9-7-15)12-5-3-4-11(14-2)13(12)18/h11-14,18H,3-9H2,1-2H3/t11-,12-,13-/m1/s1. The van der Waals surface area contributed by atoms with Crippen LogP contribution in [-0.2, 0) is 4.79 Å². The second kappa shape index (κ2) is 5.99. The average Bonchev–Trinajstić information content (AvgIpc) is 2.39. The minimum atomic E-state index is -0.285. The van der Waals surface area contributed by atoms with Gasteiger partial charge in [-0.05, 0) is 19.9 Å². The van der Waals surface area contributed by atoms with Crippen LogP contribution in [0.15, 0.2) is 0 Å². The van der Waals surface area contributed by atoms with Crippen LogP contribution in [0.4, 0.5) is 0 Å². The maximum absolute atomic E-state index is 11.3. The molecule has 1 saturated carbocycles. The molecule has 0 aromatic carbocycles. The molecule has 18 heavy (non-hydrogen) atoms. The largest absolute Gasteiger partial charge is 0.390 e. The molecule has 0 spiro atoms. The number of hydrogen-bond acceptors (Lipinski definition) is 4. The van der Waals surface area contributed by atoms with Crippen LogP contribution < -0.4 is 5.32 Å². The highest BCUT2D eigenvalue weighted by molar-refractivity contribution is 5.73. The summed E-state index contributed by atoms with van der Waals surface area (Å²) in [5.74, 6) is 0.159. The Balaban J connectivity index is 1.90. The zero-order chi connectivity index (χ0) is 13.1. The van der Waals surface area contributed by atoms with Crippen molar-refractivity contribution >= 4 is 5.91 Å². The number of aliphatic hydroxyl groups excluding tert-OH is 1. The van der Waals surface area contributed by atoms with Crippen LogP contribution in [0.3, 0.4) is 0 Å². The Hall–Kier alpha value is -0.650. The first kappa shape index (κ1) is 13.8. The summed E-state index contributed by atoms with van der Waals surface area (Å²) in [6.07, 6.45) is 3.01. The molecule has 1 aliphatic heterocycles. The molecule has 2 N–H and O–H groups in total. The second-order valence-electron chi connectivity index (χ2n) is 5.43. The van der Waals surface area contributed by atoms with Crippen LogP contribution in [0.5, 0.6) is 0 Å². The van der Waals surface area contributed by atoms with Gasteiger partial charge in [0.25, 0.3) is 0 Å². The molecular formula is C13H25N3O2. The minimum absolute atomic E-state index is 0.159. The molecule has 1 aliphatic carbocycles. The van der Waals surface area contributed by atoms with Gasteiger partial charge in [0.05, 0.1) is 6.10 Å². The summed E-state index contributed by atoms with van der Waals surface area (Å²) in [5.41, 5.74) is 0. The van der Waals surface area contributed by atoms with Crippen molar-refractivity contribution in [2.45, 2.75) is 44.4 Å². The van der Waals surface area contributed by atoms with Crippen molar-refractivity contribution in [2.24, 2.45) is 0 Å². The Morgan fingerprint density at radius 3 is 2.44 bits per heavy atom. The molecular weight excluding hydrogens is 230 g/mol. The third kappa shape index (κ3) is 2.84. The highest BCUT2D eigenvalue weighted by atomic mass is 16.3. The van der Waals surface area contributed by atoms with Crippen LogP contribution in [0, 0.1) is 0 Å². The molecule has 5 heteroatoms. The van der Waals surface area contributed by atoms with Gasteiger partial charge in [0, 0.05) is 45.2 Å². The minimum Gasteiger partial charge on any atom is -0.390 e. The third-order valence-corrected chi connectivity index (χ3v) is 4.42. The number of nitrogens with one attached hydrogen (secondary N) is 1. The van der Waals surface area contributed by atoms with Gasteiger partial charge in [-0.25, -0.2) is 0 Å². The number of amides is 1. The van der Waals surface area contributed by atoms with Gasteiger partial charge in [-0.3, -0.25) is 9.69 Å². The van der Waals surface area contributed by atoms with Gasteiger partial charge in [0.2, 0.25) is 5.91 Å². The van der Waals surface area contributed by atoms with E-state index in [2.05, 4.69) is 10.2 Å². The lowest BCUT2D eigenvalue weighted by molar-refractivity contribution is -0.131. The predicted molar refractivity (Wildman–Crippen MR) is 70.3 cm³/mol. The molecule has 0 radical (unpaired) electrons. The summed E-state index contributed by atoms with van der Waals surface area (Å²) in [4.78, 5) is 15.5. The van der Waals surface area contributed by atoms with E-state index in [1.165, 1.54) is 6.42 Å². The predicted octanol–water partition coefficient (Wildman–Crippen LogP) is -0.348. The molecule has 0 aromatic heterocycles. The smallest absolute Gasteiger partial charge is 0.219 e. The van der Waals surface area contributed by atoms with Gasteiger partial charge >= 0.3 is 0 Å². The Morgan fingerprint density at radius 1 is 1.22 bits per heavy atom. The van der Waals surface area contributed by atoms with Crippen molar-refractivity contribution in [1.82, 2.24) is 15.1 Å². The molecule has 2 rings (SSSR count). The van der Waals surface area contributed by atoms with Gasteiger partial charge < -0.3 is 15.3 Å². The van der Waals surface area contributed by atoms with Crippen molar-refractivity contribution < 1.29 is 9.90 Å². The molecule has 0 bridgehead atoms. The molecule has 5 nitrogen and oxygen atoms in total. The lowest BCUT2D eigenvalue weighted by Crippen LogP contribution is -2.59. The van der Waals surface area contributed by atoms with E-state index in [1.54, 1.807) is 6.92 Å². The summed E-state index contributed by atoms with van der Waals surface area (Å²) in [6, 6.07) is 0.472. The highest BCUT2D eigenvalue weighted by Crippen LogP contribution is 2.24. The van der Waals surface area contributed by atoms with Crippen molar-refractivity contribution in [2.75, 3.05) is 33.2 Å². The first-order valence-electron chi connectivity index (χ1n) is 6.98. The zero-order valence-electron chi connectivity index (χ0n) is 11.4. The Bertz CT molecular complexity index is 290. The number of hydrogen-bond donors (Lipinski definition) is 2. The van der Waals surface area contributed by atoms with E-state index >= 15 is 0 Å². The maximum atomic E-state index is 11.3. The first-order chi connectivity index (χ1) is 8.63. The fourth-order valence-electron chi connectivity index (χ4n) is 3.24. The van der Waals surface area contributed by atoms with E-state index in [-0.39, 0.29) is 24.1 Å². The number of aliphatic hydroxyl groups is 1. The van der Waals surface area contributed by atoms with Gasteiger partial charge in [-0.2, -0.15) is 0 Å². The Morgan fingerprint density at radius 2 is 1.89 bits per heavy atom. The van der Waals surface area contributed by atoms with Crippen molar-refractivity contribution in [3.8, 4) is 0 Å². The average molecular weight is 255 g/mol. The molecule has 2 aliphatic rings. The molecule has 3 atom stereocenters. The molecule has 104 valence electrons. The summed E-state index contributed by atoms with van der Waals surface area (Å²) >= 11 is 0. The number of carbonyl (C=O) groups is 1. The summed E-state index contributed by atoms with van der Waals surface area (Å²) in [5, 5.41) is 13.6. The molecule has 0 unspecified atom stereocenters. The van der Waals surface area contributed by atoms with E-state index in [9.17, 15) is 9.90 Å². The summed E-state index contributed by atoms with van der Waals surface area (Å²) in [7, 11) is 1.92. The first-order valence-corrected chi connectivity index (χ1v) is 6.98. The van der Waals surface area contributed by atoms with E-state index in [0.717, 1.165) is 39.0 Å². The van der Waals surface area contributed by atoms with Crippen LogP contribution in [0.25, 0.3) is 0 Å². The maximum Gasteiger partial charge on any atom is 0.219 e. The number of rotatable bonds is 2.